The molecule has 6 heteroatoms. The molecule has 1 amide bonds. The second-order valence-electron chi connectivity index (χ2n) is 8.20. The van der Waals surface area contributed by atoms with Crippen LogP contribution in [0, 0.1) is 11.3 Å². The fourth-order valence-electron chi connectivity index (χ4n) is 4.29. The molecule has 0 spiro atoms. The summed E-state index contributed by atoms with van der Waals surface area (Å²) in [6.45, 7) is 5.59. The van der Waals surface area contributed by atoms with E-state index < -0.39 is 0 Å². The van der Waals surface area contributed by atoms with E-state index in [0.717, 1.165) is 22.9 Å². The molecule has 0 unspecified atom stereocenters. The molecule has 1 saturated heterocycles. The highest BCUT2D eigenvalue weighted by molar-refractivity contribution is 6.09. The van der Waals surface area contributed by atoms with Gasteiger partial charge in [0, 0.05) is 61.0 Å². The Bertz CT molecular complexity index is 1150. The number of para-hydroxylation sites is 1. The molecule has 32 heavy (non-hydrogen) atoms. The maximum absolute atomic E-state index is 13.1. The molecule has 3 aromatic rings. The monoisotopic (exact) mass is 428 g/mol. The van der Waals surface area contributed by atoms with E-state index in [4.69, 9.17) is 5.26 Å². The topological polar surface area (TPSA) is 69.3 Å². The van der Waals surface area contributed by atoms with E-state index in [1.54, 1.807) is 0 Å². The number of nitrogens with zero attached hydrogens (tertiary/aromatic N) is 4. The summed E-state index contributed by atoms with van der Waals surface area (Å²) in [6, 6.07) is 17.8. The van der Waals surface area contributed by atoms with Crippen LogP contribution in [0.4, 0.5) is 0 Å². The van der Waals surface area contributed by atoms with Gasteiger partial charge >= 0.3 is 0 Å². The Morgan fingerprint density at radius 1 is 1.00 bits per heavy atom. The Balaban J connectivity index is 1.38. The Morgan fingerprint density at radius 3 is 2.41 bits per heavy atom. The normalized spacial score (nSPS) is 14.4. The van der Waals surface area contributed by atoms with Crippen molar-refractivity contribution in [2.75, 3.05) is 32.7 Å². The van der Waals surface area contributed by atoms with E-state index in [0.29, 0.717) is 51.3 Å². The Hall–Kier alpha value is -3.43. The molecule has 0 bridgehead atoms. The van der Waals surface area contributed by atoms with Crippen molar-refractivity contribution in [1.82, 2.24) is 14.4 Å². The van der Waals surface area contributed by atoms with Crippen LogP contribution in [0.5, 0.6) is 0 Å². The van der Waals surface area contributed by atoms with Crippen LogP contribution in [-0.2, 0) is 13.0 Å². The number of hydrogen-bond acceptors (Lipinski definition) is 4. The maximum Gasteiger partial charge on any atom is 0.253 e. The molecule has 1 fully saturated rings. The second-order valence-corrected chi connectivity index (χ2v) is 8.20. The lowest BCUT2D eigenvalue weighted by atomic mass is 10.1. The maximum atomic E-state index is 13.1. The van der Waals surface area contributed by atoms with Crippen LogP contribution in [0.1, 0.15) is 39.6 Å². The molecule has 1 aliphatic heterocycles. The predicted molar refractivity (Wildman–Crippen MR) is 125 cm³/mol. The molecule has 2 aromatic carbocycles. The molecule has 2 heterocycles. The minimum absolute atomic E-state index is 0.0548. The molecular weight excluding hydrogens is 400 g/mol. The number of aromatic nitrogens is 1. The largest absolute Gasteiger partial charge is 0.346 e. The molecule has 0 N–H and O–H groups in total. The van der Waals surface area contributed by atoms with Crippen LogP contribution in [0.3, 0.4) is 0 Å². The number of benzene rings is 2. The second kappa shape index (κ2) is 9.80. The van der Waals surface area contributed by atoms with Crippen molar-refractivity contribution in [3.63, 3.8) is 0 Å². The summed E-state index contributed by atoms with van der Waals surface area (Å²) in [5.41, 5.74) is 3.62. The standard InChI is InChI=1S/C26H28N4O2/c1-2-20-8-10-21(11-9-20)26(32)29-16-14-28(15-17-29)19-25(31)23-18-30(13-5-12-27)24-7-4-3-6-22(23)24/h3-4,6-11,18H,2,5,13-17,19H2,1H3. The van der Waals surface area contributed by atoms with E-state index in [2.05, 4.69) is 17.9 Å². The third-order valence-corrected chi connectivity index (χ3v) is 6.19. The average molecular weight is 429 g/mol. The summed E-state index contributed by atoms with van der Waals surface area (Å²) in [7, 11) is 0. The SMILES string of the molecule is CCc1ccc(C(=O)N2CCN(CC(=O)c3cn(CCC#N)c4ccccc34)CC2)cc1. The van der Waals surface area contributed by atoms with Crippen LogP contribution in [-0.4, -0.2) is 58.8 Å². The number of aryl methyl sites for hydroxylation is 2. The van der Waals surface area contributed by atoms with Crippen molar-refractivity contribution < 1.29 is 9.59 Å². The summed E-state index contributed by atoms with van der Waals surface area (Å²) >= 11 is 0. The van der Waals surface area contributed by atoms with Gasteiger partial charge in [-0.1, -0.05) is 37.3 Å². The van der Waals surface area contributed by atoms with Crippen molar-refractivity contribution in [3.8, 4) is 6.07 Å². The molecule has 164 valence electrons. The summed E-state index contributed by atoms with van der Waals surface area (Å²) < 4.78 is 1.99. The van der Waals surface area contributed by atoms with Gasteiger partial charge in [0.1, 0.15) is 0 Å². The third kappa shape index (κ3) is 4.58. The van der Waals surface area contributed by atoms with E-state index in [1.165, 1.54) is 5.56 Å². The zero-order valence-electron chi connectivity index (χ0n) is 18.5. The van der Waals surface area contributed by atoms with Crippen molar-refractivity contribution >= 4 is 22.6 Å². The highest BCUT2D eigenvalue weighted by Crippen LogP contribution is 2.23. The molecule has 0 aliphatic carbocycles. The zero-order valence-corrected chi connectivity index (χ0v) is 18.5. The quantitative estimate of drug-likeness (QED) is 0.538. The van der Waals surface area contributed by atoms with Crippen LogP contribution >= 0.6 is 0 Å². The van der Waals surface area contributed by atoms with E-state index in [1.807, 2.05) is 64.2 Å². The van der Waals surface area contributed by atoms with Crippen molar-refractivity contribution in [2.24, 2.45) is 0 Å². The number of carbonyl (C=O) groups excluding carboxylic acids is 2. The van der Waals surface area contributed by atoms with Crippen LogP contribution in [0.25, 0.3) is 10.9 Å². The van der Waals surface area contributed by atoms with Crippen molar-refractivity contribution in [1.29, 1.82) is 5.26 Å². The van der Waals surface area contributed by atoms with Gasteiger partial charge in [0.15, 0.2) is 5.78 Å². The van der Waals surface area contributed by atoms with E-state index in [-0.39, 0.29) is 11.7 Å². The lowest BCUT2D eigenvalue weighted by Crippen LogP contribution is -2.49. The number of hydrogen-bond donors (Lipinski definition) is 0. The smallest absolute Gasteiger partial charge is 0.253 e. The number of amides is 1. The minimum atomic E-state index is 0.0548. The van der Waals surface area contributed by atoms with Gasteiger partial charge < -0.3 is 9.47 Å². The van der Waals surface area contributed by atoms with Gasteiger partial charge in [-0.3, -0.25) is 14.5 Å². The first-order valence-electron chi connectivity index (χ1n) is 11.2. The van der Waals surface area contributed by atoms with Gasteiger partial charge in [-0.25, -0.2) is 0 Å². The van der Waals surface area contributed by atoms with Crippen molar-refractivity contribution in [3.05, 3.63) is 71.4 Å². The number of Topliss-reactive ketones (excluding diaryl/α,β-unsaturated/α-hetero) is 1. The number of piperazine rings is 1. The van der Waals surface area contributed by atoms with Gasteiger partial charge in [0.05, 0.1) is 19.0 Å². The molecule has 0 atom stereocenters. The third-order valence-electron chi connectivity index (χ3n) is 6.19. The number of fused-ring (bicyclic) bond motifs is 1. The molecule has 1 aliphatic rings. The summed E-state index contributed by atoms with van der Waals surface area (Å²) in [5, 5.41) is 9.85. The first kappa shape index (κ1) is 21.8. The highest BCUT2D eigenvalue weighted by Gasteiger charge is 2.24. The van der Waals surface area contributed by atoms with Crippen molar-refractivity contribution in [2.45, 2.75) is 26.3 Å². The lowest BCUT2D eigenvalue weighted by molar-refractivity contribution is 0.0624. The molecule has 0 radical (unpaired) electrons. The van der Waals surface area contributed by atoms with Gasteiger partial charge in [0.2, 0.25) is 0 Å². The number of ketones is 1. The molecule has 0 saturated carbocycles. The fourth-order valence-corrected chi connectivity index (χ4v) is 4.29. The minimum Gasteiger partial charge on any atom is -0.346 e. The molecular formula is C26H28N4O2. The molecule has 4 rings (SSSR count). The Morgan fingerprint density at radius 2 is 1.72 bits per heavy atom. The lowest BCUT2D eigenvalue weighted by Gasteiger charge is -2.34. The van der Waals surface area contributed by atoms with Crippen LogP contribution in [0.2, 0.25) is 0 Å². The number of carbonyl (C=O) groups is 2. The Kier molecular flexibility index (Phi) is 6.67. The first-order valence-corrected chi connectivity index (χ1v) is 11.2. The van der Waals surface area contributed by atoms with Gasteiger partial charge in [-0.05, 0) is 30.2 Å². The summed E-state index contributed by atoms with van der Waals surface area (Å²) in [5.74, 6) is 0.131. The van der Waals surface area contributed by atoms with Crippen LogP contribution in [0.15, 0.2) is 54.7 Å². The van der Waals surface area contributed by atoms with Gasteiger partial charge in [-0.15, -0.1) is 0 Å². The highest BCUT2D eigenvalue weighted by atomic mass is 16.2. The number of nitriles is 1. The molecule has 6 nitrogen and oxygen atoms in total. The summed E-state index contributed by atoms with van der Waals surface area (Å²) in [6.07, 6.45) is 3.24. The van der Waals surface area contributed by atoms with E-state index in [9.17, 15) is 9.59 Å². The van der Waals surface area contributed by atoms with E-state index >= 15 is 0 Å². The zero-order chi connectivity index (χ0) is 22.5. The van der Waals surface area contributed by atoms with Gasteiger partial charge in [0.25, 0.3) is 5.91 Å². The summed E-state index contributed by atoms with van der Waals surface area (Å²) in [4.78, 5) is 29.9. The first-order chi connectivity index (χ1) is 15.6. The fraction of sp³-hybridized carbons (Fsp3) is 0.346. The number of rotatable bonds is 7. The Labute approximate surface area is 188 Å². The molecule has 1 aromatic heterocycles. The predicted octanol–water partition coefficient (Wildman–Crippen LogP) is 3.76. The van der Waals surface area contributed by atoms with Crippen LogP contribution < -0.4 is 0 Å². The van der Waals surface area contributed by atoms with Gasteiger partial charge in [-0.2, -0.15) is 5.26 Å². The average Bonchev–Trinajstić information content (AvgIpc) is 3.21.